The Hall–Kier alpha value is -1.88. The van der Waals surface area contributed by atoms with Gasteiger partial charge in [-0.15, -0.1) is 0 Å². The summed E-state index contributed by atoms with van der Waals surface area (Å²) in [5.41, 5.74) is 10.9. The van der Waals surface area contributed by atoms with Crippen molar-refractivity contribution < 1.29 is 14.3 Å². The zero-order valence-electron chi connectivity index (χ0n) is 9.68. The lowest BCUT2D eigenvalue weighted by Crippen LogP contribution is -2.38. The molecule has 1 atom stereocenters. The van der Waals surface area contributed by atoms with Crippen molar-refractivity contribution in [2.75, 3.05) is 6.61 Å². The van der Waals surface area contributed by atoms with E-state index in [0.29, 0.717) is 17.9 Å². The number of primary amides is 1. The molecule has 0 fully saturated rings. The lowest BCUT2D eigenvalue weighted by Gasteiger charge is -2.07. The molecule has 0 heterocycles. The summed E-state index contributed by atoms with van der Waals surface area (Å²) in [6.07, 6.45) is -0.0800. The molecule has 0 aliphatic heterocycles. The van der Waals surface area contributed by atoms with Crippen LogP contribution in [-0.4, -0.2) is 24.3 Å². The van der Waals surface area contributed by atoms with Gasteiger partial charge in [0.15, 0.2) is 5.78 Å². The molecule has 92 valence electrons. The number of ketones is 1. The van der Waals surface area contributed by atoms with Crippen LogP contribution < -0.4 is 16.2 Å². The van der Waals surface area contributed by atoms with Gasteiger partial charge in [-0.05, 0) is 31.2 Å². The quantitative estimate of drug-likeness (QED) is 0.702. The van der Waals surface area contributed by atoms with Gasteiger partial charge < -0.3 is 16.2 Å². The van der Waals surface area contributed by atoms with Gasteiger partial charge in [-0.2, -0.15) is 0 Å². The zero-order chi connectivity index (χ0) is 12.8. The number of hydrogen-bond acceptors (Lipinski definition) is 4. The van der Waals surface area contributed by atoms with Crippen molar-refractivity contribution in [3.63, 3.8) is 0 Å². The summed E-state index contributed by atoms with van der Waals surface area (Å²) >= 11 is 0. The first kappa shape index (κ1) is 13.2. The van der Waals surface area contributed by atoms with Crippen LogP contribution in [0.1, 0.15) is 23.7 Å². The number of ether oxygens (including phenoxy) is 1. The maximum atomic E-state index is 11.7. The molecule has 4 N–H and O–H groups in total. The van der Waals surface area contributed by atoms with E-state index in [2.05, 4.69) is 0 Å². The number of carbonyl (C=O) groups is 2. The van der Waals surface area contributed by atoms with E-state index in [1.807, 2.05) is 6.92 Å². The van der Waals surface area contributed by atoms with Crippen LogP contribution in [0.5, 0.6) is 5.75 Å². The Labute approximate surface area is 99.7 Å². The van der Waals surface area contributed by atoms with E-state index in [9.17, 15) is 9.59 Å². The summed E-state index contributed by atoms with van der Waals surface area (Å²) in [6, 6.07) is 5.75. The monoisotopic (exact) mass is 236 g/mol. The summed E-state index contributed by atoms with van der Waals surface area (Å²) in [7, 11) is 0. The van der Waals surface area contributed by atoms with E-state index < -0.39 is 11.9 Å². The molecule has 0 aliphatic rings. The molecule has 1 unspecified atom stereocenters. The fourth-order valence-electron chi connectivity index (χ4n) is 1.32. The molecule has 0 saturated carbocycles. The fourth-order valence-corrected chi connectivity index (χ4v) is 1.32. The van der Waals surface area contributed by atoms with Crippen molar-refractivity contribution in [2.45, 2.75) is 19.4 Å². The Balaban J connectivity index is 2.66. The van der Waals surface area contributed by atoms with Crippen LogP contribution in [-0.2, 0) is 4.79 Å². The average Bonchev–Trinajstić information content (AvgIpc) is 2.30. The van der Waals surface area contributed by atoms with Gasteiger partial charge >= 0.3 is 0 Å². The molecule has 0 saturated heterocycles. The molecule has 0 bridgehead atoms. The van der Waals surface area contributed by atoms with Crippen molar-refractivity contribution in [2.24, 2.45) is 11.5 Å². The first-order valence-corrected chi connectivity index (χ1v) is 5.35. The van der Waals surface area contributed by atoms with Gasteiger partial charge in [0.1, 0.15) is 5.75 Å². The lowest BCUT2D eigenvalue weighted by atomic mass is 10.0. The van der Waals surface area contributed by atoms with E-state index in [0.717, 1.165) is 0 Å². The average molecular weight is 236 g/mol. The van der Waals surface area contributed by atoms with Crippen molar-refractivity contribution in [1.82, 2.24) is 0 Å². The standard InChI is InChI=1S/C12H16N2O3/c1-2-17-9-5-3-8(4-6-9)11(15)7-10(13)12(14)16/h3-6,10H,2,7,13H2,1H3,(H2,14,16). The van der Waals surface area contributed by atoms with E-state index in [1.54, 1.807) is 24.3 Å². The highest BCUT2D eigenvalue weighted by molar-refractivity contribution is 5.99. The highest BCUT2D eigenvalue weighted by atomic mass is 16.5. The minimum atomic E-state index is -0.936. The Morgan fingerprint density at radius 1 is 1.29 bits per heavy atom. The fraction of sp³-hybridized carbons (Fsp3) is 0.333. The van der Waals surface area contributed by atoms with E-state index in [4.69, 9.17) is 16.2 Å². The molecule has 1 aromatic rings. The number of benzene rings is 1. The molecule has 0 radical (unpaired) electrons. The SMILES string of the molecule is CCOc1ccc(C(=O)CC(N)C(N)=O)cc1. The second kappa shape index (κ2) is 6.00. The normalized spacial score (nSPS) is 11.9. The molecule has 17 heavy (non-hydrogen) atoms. The number of hydrogen-bond donors (Lipinski definition) is 2. The molecular weight excluding hydrogens is 220 g/mol. The van der Waals surface area contributed by atoms with Crippen LogP contribution in [0.25, 0.3) is 0 Å². The highest BCUT2D eigenvalue weighted by Crippen LogP contribution is 2.13. The number of amides is 1. The van der Waals surface area contributed by atoms with Gasteiger partial charge in [-0.1, -0.05) is 0 Å². The third-order valence-corrected chi connectivity index (χ3v) is 2.26. The molecule has 1 aromatic carbocycles. The van der Waals surface area contributed by atoms with E-state index in [-0.39, 0.29) is 12.2 Å². The maximum absolute atomic E-state index is 11.7. The molecule has 0 aliphatic carbocycles. The van der Waals surface area contributed by atoms with Crippen LogP contribution in [0, 0.1) is 0 Å². The van der Waals surface area contributed by atoms with Crippen LogP contribution in [0.15, 0.2) is 24.3 Å². The second-order valence-electron chi connectivity index (χ2n) is 3.59. The Bertz CT molecular complexity index is 401. The highest BCUT2D eigenvalue weighted by Gasteiger charge is 2.15. The lowest BCUT2D eigenvalue weighted by molar-refractivity contribution is -0.119. The number of Topliss-reactive ketones (excluding diaryl/α,β-unsaturated/α-hetero) is 1. The van der Waals surface area contributed by atoms with Crippen molar-refractivity contribution in [3.05, 3.63) is 29.8 Å². The first-order valence-electron chi connectivity index (χ1n) is 5.35. The van der Waals surface area contributed by atoms with E-state index >= 15 is 0 Å². The predicted molar refractivity (Wildman–Crippen MR) is 63.7 cm³/mol. The first-order chi connectivity index (χ1) is 8.04. The summed E-state index contributed by atoms with van der Waals surface area (Å²) in [5.74, 6) is -0.188. The van der Waals surface area contributed by atoms with Crippen molar-refractivity contribution in [1.29, 1.82) is 0 Å². The second-order valence-corrected chi connectivity index (χ2v) is 3.59. The van der Waals surface area contributed by atoms with Crippen LogP contribution in [0.4, 0.5) is 0 Å². The smallest absolute Gasteiger partial charge is 0.234 e. The number of nitrogens with two attached hydrogens (primary N) is 2. The summed E-state index contributed by atoms with van der Waals surface area (Å²) in [4.78, 5) is 22.4. The Morgan fingerprint density at radius 3 is 2.35 bits per heavy atom. The van der Waals surface area contributed by atoms with Gasteiger partial charge in [-0.25, -0.2) is 0 Å². The van der Waals surface area contributed by atoms with Gasteiger partial charge in [0.25, 0.3) is 0 Å². The van der Waals surface area contributed by atoms with Gasteiger partial charge in [0.2, 0.25) is 5.91 Å². The van der Waals surface area contributed by atoms with Gasteiger partial charge in [-0.3, -0.25) is 9.59 Å². The van der Waals surface area contributed by atoms with Crippen molar-refractivity contribution >= 4 is 11.7 Å². The van der Waals surface area contributed by atoms with Crippen LogP contribution in [0.2, 0.25) is 0 Å². The van der Waals surface area contributed by atoms with Gasteiger partial charge in [0, 0.05) is 12.0 Å². The third kappa shape index (κ3) is 3.88. The third-order valence-electron chi connectivity index (χ3n) is 2.26. The summed E-state index contributed by atoms with van der Waals surface area (Å²) in [6.45, 7) is 2.45. The number of rotatable bonds is 6. The largest absolute Gasteiger partial charge is 0.494 e. The predicted octanol–water partition coefficient (Wildman–Crippen LogP) is 0.471. The molecule has 0 aromatic heterocycles. The molecule has 0 spiro atoms. The van der Waals surface area contributed by atoms with E-state index in [1.165, 1.54) is 0 Å². The molecular formula is C12H16N2O3. The molecule has 1 amide bonds. The Kier molecular flexibility index (Phi) is 4.66. The van der Waals surface area contributed by atoms with Crippen LogP contribution >= 0.6 is 0 Å². The van der Waals surface area contributed by atoms with Crippen molar-refractivity contribution in [3.8, 4) is 5.75 Å². The molecule has 5 heteroatoms. The molecule has 1 rings (SSSR count). The zero-order valence-corrected chi connectivity index (χ0v) is 9.68. The minimum absolute atomic E-state index is 0.0800. The Morgan fingerprint density at radius 2 is 1.88 bits per heavy atom. The summed E-state index contributed by atoms with van der Waals surface area (Å²) in [5, 5.41) is 0. The number of carbonyl (C=O) groups excluding carboxylic acids is 2. The maximum Gasteiger partial charge on any atom is 0.234 e. The van der Waals surface area contributed by atoms with Gasteiger partial charge in [0.05, 0.1) is 12.6 Å². The summed E-state index contributed by atoms with van der Waals surface area (Å²) < 4.78 is 5.25. The topological polar surface area (TPSA) is 95.4 Å². The molecule has 5 nitrogen and oxygen atoms in total. The minimum Gasteiger partial charge on any atom is -0.494 e. The van der Waals surface area contributed by atoms with Crippen LogP contribution in [0.3, 0.4) is 0 Å².